The Morgan fingerprint density at radius 3 is 2.63 bits per heavy atom. The summed E-state index contributed by atoms with van der Waals surface area (Å²) < 4.78 is 1.75. The molecule has 0 aromatic carbocycles. The number of carbonyl (C=O) groups is 1. The van der Waals surface area contributed by atoms with Gasteiger partial charge in [0.05, 0.1) is 23.0 Å². The lowest BCUT2D eigenvalue weighted by molar-refractivity contribution is -0.139. The summed E-state index contributed by atoms with van der Waals surface area (Å²) in [4.78, 5) is 13.0. The molecular formula is C13H20ClN3O2. The van der Waals surface area contributed by atoms with Gasteiger partial charge in [0.15, 0.2) is 0 Å². The van der Waals surface area contributed by atoms with Gasteiger partial charge in [0.1, 0.15) is 0 Å². The van der Waals surface area contributed by atoms with Crippen LogP contribution in [-0.2, 0) is 18.4 Å². The van der Waals surface area contributed by atoms with Crippen LogP contribution in [0.2, 0.25) is 5.02 Å². The van der Waals surface area contributed by atoms with Gasteiger partial charge >= 0.3 is 5.97 Å². The lowest BCUT2D eigenvalue weighted by Crippen LogP contribution is -2.37. The number of nitrogens with zero attached hydrogens (tertiary/aromatic N) is 3. The molecule has 0 amide bonds. The highest BCUT2D eigenvalue weighted by atomic mass is 35.5. The average Bonchev–Trinajstić information content (AvgIpc) is 2.92. The molecule has 1 N–H and O–H groups in total. The molecule has 1 heterocycles. The van der Waals surface area contributed by atoms with Gasteiger partial charge < -0.3 is 5.11 Å². The fourth-order valence-corrected chi connectivity index (χ4v) is 3.02. The van der Waals surface area contributed by atoms with E-state index in [0.717, 1.165) is 24.2 Å². The molecule has 5 nitrogen and oxygen atoms in total. The third kappa shape index (κ3) is 3.28. The molecule has 0 radical (unpaired) electrons. The Morgan fingerprint density at radius 2 is 2.16 bits per heavy atom. The first-order valence-corrected chi connectivity index (χ1v) is 7.00. The maximum absolute atomic E-state index is 11.0. The molecule has 1 aliphatic rings. The topological polar surface area (TPSA) is 58.4 Å². The Labute approximate surface area is 118 Å². The Hall–Kier alpha value is -1.07. The fraction of sp³-hybridized carbons (Fsp3) is 0.692. The summed E-state index contributed by atoms with van der Waals surface area (Å²) in [6, 6.07) is 0.349. The van der Waals surface area contributed by atoms with Gasteiger partial charge in [0.2, 0.25) is 0 Å². The first kappa shape index (κ1) is 14.3. The summed E-state index contributed by atoms with van der Waals surface area (Å²) in [6.07, 6.45) is 4.50. The van der Waals surface area contributed by atoms with Crippen molar-refractivity contribution in [2.24, 2.45) is 7.05 Å². The van der Waals surface area contributed by atoms with E-state index in [1.807, 2.05) is 18.9 Å². The molecule has 6 heteroatoms. The first-order chi connectivity index (χ1) is 8.99. The molecule has 0 atom stereocenters. The molecule has 1 fully saturated rings. The Kier molecular flexibility index (Phi) is 4.47. The van der Waals surface area contributed by atoms with Crippen LogP contribution in [0.15, 0.2) is 0 Å². The highest BCUT2D eigenvalue weighted by Crippen LogP contribution is 2.27. The minimum atomic E-state index is -0.790. The smallest absolute Gasteiger partial charge is 0.317 e. The van der Waals surface area contributed by atoms with Crippen molar-refractivity contribution in [3.8, 4) is 0 Å². The Balaban J connectivity index is 2.16. The van der Waals surface area contributed by atoms with Crippen LogP contribution in [0.5, 0.6) is 0 Å². The van der Waals surface area contributed by atoms with Crippen LogP contribution in [0.25, 0.3) is 0 Å². The van der Waals surface area contributed by atoms with Gasteiger partial charge in [-0.15, -0.1) is 0 Å². The van der Waals surface area contributed by atoms with Crippen molar-refractivity contribution in [3.63, 3.8) is 0 Å². The van der Waals surface area contributed by atoms with E-state index in [4.69, 9.17) is 16.7 Å². The quantitative estimate of drug-likeness (QED) is 0.901. The van der Waals surface area contributed by atoms with Crippen molar-refractivity contribution in [1.82, 2.24) is 14.7 Å². The van der Waals surface area contributed by atoms with Gasteiger partial charge in [-0.25, -0.2) is 0 Å². The third-order valence-corrected chi connectivity index (χ3v) is 4.29. The summed E-state index contributed by atoms with van der Waals surface area (Å²) in [7, 11) is 1.85. The monoisotopic (exact) mass is 285 g/mol. The predicted octanol–water partition coefficient (Wildman–Crippen LogP) is 2.21. The van der Waals surface area contributed by atoms with Crippen LogP contribution in [0.3, 0.4) is 0 Å². The van der Waals surface area contributed by atoms with Crippen LogP contribution >= 0.6 is 11.6 Å². The Bertz CT molecular complexity index is 467. The second kappa shape index (κ2) is 5.92. The van der Waals surface area contributed by atoms with Gasteiger partial charge in [0.25, 0.3) is 0 Å². The van der Waals surface area contributed by atoms with Crippen molar-refractivity contribution >= 4 is 17.6 Å². The summed E-state index contributed by atoms with van der Waals surface area (Å²) in [5.41, 5.74) is 1.69. The molecule has 0 aliphatic heterocycles. The molecule has 1 aromatic rings. The highest BCUT2D eigenvalue weighted by Gasteiger charge is 2.26. The molecule has 1 saturated carbocycles. The number of carboxylic acid groups (broad SMARTS) is 1. The summed E-state index contributed by atoms with van der Waals surface area (Å²) in [5.74, 6) is -0.790. The van der Waals surface area contributed by atoms with Crippen molar-refractivity contribution in [2.75, 3.05) is 6.54 Å². The minimum Gasteiger partial charge on any atom is -0.480 e. The summed E-state index contributed by atoms with van der Waals surface area (Å²) in [5, 5.41) is 14.0. The van der Waals surface area contributed by atoms with E-state index < -0.39 is 5.97 Å². The highest BCUT2D eigenvalue weighted by molar-refractivity contribution is 6.31. The second-order valence-corrected chi connectivity index (χ2v) is 5.58. The molecule has 19 heavy (non-hydrogen) atoms. The van der Waals surface area contributed by atoms with Gasteiger partial charge in [-0.2, -0.15) is 5.10 Å². The number of hydrogen-bond donors (Lipinski definition) is 1. The maximum atomic E-state index is 11.0. The van der Waals surface area contributed by atoms with Gasteiger partial charge in [-0.3, -0.25) is 14.4 Å². The lowest BCUT2D eigenvalue weighted by atomic mass is 10.2. The zero-order chi connectivity index (χ0) is 14.0. The van der Waals surface area contributed by atoms with Gasteiger partial charge in [-0.05, 0) is 19.8 Å². The number of halogens is 1. The molecule has 2 rings (SSSR count). The number of aliphatic carboxylic acids is 1. The number of aryl methyl sites for hydroxylation is 2. The number of hydrogen-bond acceptors (Lipinski definition) is 3. The van der Waals surface area contributed by atoms with Crippen LogP contribution in [0.1, 0.15) is 37.1 Å². The van der Waals surface area contributed by atoms with E-state index in [-0.39, 0.29) is 6.54 Å². The molecule has 1 aliphatic carbocycles. The SMILES string of the molecule is Cc1nn(C)c(CN(CC(=O)O)C2CCCC2)c1Cl. The van der Waals surface area contributed by atoms with Crippen molar-refractivity contribution in [3.05, 3.63) is 16.4 Å². The van der Waals surface area contributed by atoms with E-state index in [9.17, 15) is 4.79 Å². The van der Waals surface area contributed by atoms with Crippen molar-refractivity contribution in [1.29, 1.82) is 0 Å². The molecule has 0 bridgehead atoms. The van der Waals surface area contributed by atoms with Crippen molar-refractivity contribution < 1.29 is 9.90 Å². The third-order valence-electron chi connectivity index (χ3n) is 3.79. The second-order valence-electron chi connectivity index (χ2n) is 5.21. The zero-order valence-electron chi connectivity index (χ0n) is 11.4. The van der Waals surface area contributed by atoms with E-state index in [2.05, 4.69) is 5.10 Å². The predicted molar refractivity (Wildman–Crippen MR) is 73.3 cm³/mol. The van der Waals surface area contributed by atoms with E-state index in [0.29, 0.717) is 17.6 Å². The van der Waals surface area contributed by atoms with Crippen LogP contribution in [-0.4, -0.2) is 38.3 Å². The van der Waals surface area contributed by atoms with E-state index in [1.165, 1.54) is 12.8 Å². The van der Waals surface area contributed by atoms with E-state index >= 15 is 0 Å². The average molecular weight is 286 g/mol. The maximum Gasteiger partial charge on any atom is 0.317 e. The fourth-order valence-electron chi connectivity index (χ4n) is 2.80. The van der Waals surface area contributed by atoms with Gasteiger partial charge in [0, 0.05) is 19.6 Å². The van der Waals surface area contributed by atoms with E-state index in [1.54, 1.807) is 4.68 Å². The lowest BCUT2D eigenvalue weighted by Gasteiger charge is -2.27. The zero-order valence-corrected chi connectivity index (χ0v) is 12.2. The first-order valence-electron chi connectivity index (χ1n) is 6.63. The minimum absolute atomic E-state index is 0.0607. The van der Waals surface area contributed by atoms with Crippen molar-refractivity contribution in [2.45, 2.75) is 45.2 Å². The molecule has 0 saturated heterocycles. The van der Waals surface area contributed by atoms with Crippen LogP contribution < -0.4 is 0 Å². The standard InChI is InChI=1S/C13H20ClN3O2/c1-9-13(14)11(16(2)15-9)7-17(8-12(18)19)10-5-3-4-6-10/h10H,3-8H2,1-2H3,(H,18,19). The molecule has 1 aromatic heterocycles. The van der Waals surface area contributed by atoms with Crippen LogP contribution in [0, 0.1) is 6.92 Å². The number of rotatable bonds is 5. The summed E-state index contributed by atoms with van der Waals surface area (Å²) >= 11 is 6.24. The number of carboxylic acids is 1. The molecular weight excluding hydrogens is 266 g/mol. The molecule has 0 spiro atoms. The molecule has 0 unspecified atom stereocenters. The van der Waals surface area contributed by atoms with Crippen LogP contribution in [0.4, 0.5) is 0 Å². The molecule has 106 valence electrons. The number of aromatic nitrogens is 2. The van der Waals surface area contributed by atoms with Gasteiger partial charge in [-0.1, -0.05) is 24.4 Å². The largest absolute Gasteiger partial charge is 0.480 e. The summed E-state index contributed by atoms with van der Waals surface area (Å²) in [6.45, 7) is 2.47. The Morgan fingerprint density at radius 1 is 1.53 bits per heavy atom. The normalized spacial score (nSPS) is 16.4.